The van der Waals surface area contributed by atoms with Gasteiger partial charge in [-0.2, -0.15) is 0 Å². The van der Waals surface area contributed by atoms with E-state index in [0.717, 1.165) is 0 Å². The van der Waals surface area contributed by atoms with Crippen LogP contribution in [-0.2, 0) is 9.53 Å². The molecule has 2 rings (SSSR count). The van der Waals surface area contributed by atoms with Crippen molar-refractivity contribution in [2.75, 3.05) is 6.61 Å². The van der Waals surface area contributed by atoms with Crippen LogP contribution in [0.3, 0.4) is 0 Å². The quantitative estimate of drug-likeness (QED) is 0.368. The highest BCUT2D eigenvalue weighted by atomic mass is 35.5. The molecule has 0 atom stereocenters. The molecule has 0 radical (unpaired) electrons. The van der Waals surface area contributed by atoms with E-state index in [0.29, 0.717) is 16.3 Å². The molecule has 124 valence electrons. The molecule has 1 N–H and O–H groups in total. The Morgan fingerprint density at radius 3 is 2.42 bits per heavy atom. The summed E-state index contributed by atoms with van der Waals surface area (Å²) in [6.45, 7) is 1.81. The van der Waals surface area contributed by atoms with Gasteiger partial charge in [0.25, 0.3) is 0 Å². The van der Waals surface area contributed by atoms with Crippen molar-refractivity contribution >= 4 is 35.2 Å². The fraction of sp³-hybridized carbons (Fsp3) is 0.111. The Morgan fingerprint density at radius 1 is 1.21 bits per heavy atom. The molecule has 0 aliphatic carbocycles. The van der Waals surface area contributed by atoms with Gasteiger partial charge >= 0.3 is 5.97 Å². The molecule has 24 heavy (non-hydrogen) atoms. The van der Waals surface area contributed by atoms with E-state index in [4.69, 9.17) is 16.3 Å². The molecular weight excluding hydrogens is 333 g/mol. The number of aliphatic imine (C=N–C) groups is 1. The molecule has 0 fully saturated rings. The molecule has 0 heterocycles. The lowest BCUT2D eigenvalue weighted by molar-refractivity contribution is -0.137. The summed E-state index contributed by atoms with van der Waals surface area (Å²) < 4.78 is 17.9. The van der Waals surface area contributed by atoms with Gasteiger partial charge in [0.2, 0.25) is 0 Å². The Labute approximate surface area is 143 Å². The minimum absolute atomic E-state index is 0.108. The summed E-state index contributed by atoms with van der Waals surface area (Å²) in [5.74, 6) is -1.38. The zero-order chi connectivity index (χ0) is 17.5. The Morgan fingerprint density at radius 2 is 1.83 bits per heavy atom. The summed E-state index contributed by atoms with van der Waals surface area (Å²) in [6.07, 6.45) is 1.19. The number of nitrogens with zero attached hydrogens (tertiary/aromatic N) is 1. The number of esters is 1. The molecule has 0 amide bonds. The first-order chi connectivity index (χ1) is 11.5. The Balaban J connectivity index is 2.40. The van der Waals surface area contributed by atoms with Crippen LogP contribution in [0.15, 0.2) is 59.1 Å². The smallest absolute Gasteiger partial charge is 0.343 e. The summed E-state index contributed by atoms with van der Waals surface area (Å²) in [7, 11) is 0. The minimum Gasteiger partial charge on any atom is -0.506 e. The number of carbonyl (C=O) groups excluding carboxylic acids is 1. The summed E-state index contributed by atoms with van der Waals surface area (Å²) in [5, 5.41) is 10.9. The molecule has 0 saturated carbocycles. The van der Waals surface area contributed by atoms with E-state index in [1.165, 1.54) is 30.5 Å². The first kappa shape index (κ1) is 17.7. The molecule has 6 heteroatoms. The van der Waals surface area contributed by atoms with Gasteiger partial charge in [-0.15, -0.1) is 0 Å². The van der Waals surface area contributed by atoms with E-state index < -0.39 is 5.97 Å². The SMILES string of the molecule is CCOC(=O)/C(C=Nc1ccc(F)cc1)=C(/O)c1ccc(Cl)cc1. The van der Waals surface area contributed by atoms with Gasteiger partial charge in [0.1, 0.15) is 17.1 Å². The van der Waals surface area contributed by atoms with E-state index >= 15 is 0 Å². The van der Waals surface area contributed by atoms with Gasteiger partial charge in [-0.25, -0.2) is 9.18 Å². The lowest BCUT2D eigenvalue weighted by atomic mass is 10.1. The number of hydrogen-bond donors (Lipinski definition) is 1. The first-order valence-electron chi connectivity index (χ1n) is 7.17. The number of halogens is 2. The minimum atomic E-state index is -0.712. The van der Waals surface area contributed by atoms with E-state index in [9.17, 15) is 14.3 Å². The maximum absolute atomic E-state index is 12.9. The fourth-order valence-electron chi connectivity index (χ4n) is 1.85. The molecular formula is C18H15ClFNO3. The van der Waals surface area contributed by atoms with Crippen molar-refractivity contribution in [1.82, 2.24) is 0 Å². The topological polar surface area (TPSA) is 58.9 Å². The Bertz CT molecular complexity index is 768. The number of benzene rings is 2. The Hall–Kier alpha value is -2.66. The molecule has 0 spiro atoms. The average Bonchev–Trinajstić information content (AvgIpc) is 2.57. The van der Waals surface area contributed by atoms with Crippen molar-refractivity contribution in [1.29, 1.82) is 0 Å². The Kier molecular flexibility index (Phi) is 6.09. The third-order valence-electron chi connectivity index (χ3n) is 3.04. The second-order valence-corrected chi connectivity index (χ2v) is 5.16. The lowest BCUT2D eigenvalue weighted by Gasteiger charge is -2.07. The third kappa shape index (κ3) is 4.67. The van der Waals surface area contributed by atoms with Gasteiger partial charge in [0, 0.05) is 16.8 Å². The van der Waals surface area contributed by atoms with Gasteiger partial charge in [-0.3, -0.25) is 4.99 Å². The van der Waals surface area contributed by atoms with Crippen molar-refractivity contribution in [3.05, 3.63) is 70.5 Å². The van der Waals surface area contributed by atoms with Crippen LogP contribution in [0.4, 0.5) is 10.1 Å². The number of hydrogen-bond acceptors (Lipinski definition) is 4. The third-order valence-corrected chi connectivity index (χ3v) is 3.29. The zero-order valence-electron chi connectivity index (χ0n) is 12.9. The zero-order valence-corrected chi connectivity index (χ0v) is 13.6. The largest absolute Gasteiger partial charge is 0.506 e. The van der Waals surface area contributed by atoms with Crippen LogP contribution >= 0.6 is 11.6 Å². The fourth-order valence-corrected chi connectivity index (χ4v) is 1.97. The second-order valence-electron chi connectivity index (χ2n) is 4.72. The maximum Gasteiger partial charge on any atom is 0.343 e. The standard InChI is InChI=1S/C18H15ClFNO3/c1-2-24-18(23)16(11-21-15-9-7-14(20)8-10-15)17(22)12-3-5-13(19)6-4-12/h3-11,22H,2H2,1H3/b17-16+,21-11?. The molecule has 0 aliphatic rings. The normalized spacial score (nSPS) is 12.1. The molecule has 0 aliphatic heterocycles. The number of carbonyl (C=O) groups is 1. The van der Waals surface area contributed by atoms with Gasteiger partial charge in [0.05, 0.1) is 12.3 Å². The number of aliphatic hydroxyl groups is 1. The second kappa shape index (κ2) is 8.26. The highest BCUT2D eigenvalue weighted by molar-refractivity contribution is 6.30. The predicted molar refractivity (Wildman–Crippen MR) is 92.2 cm³/mol. The molecule has 2 aromatic carbocycles. The molecule has 4 nitrogen and oxygen atoms in total. The van der Waals surface area contributed by atoms with E-state index in [1.54, 1.807) is 31.2 Å². The van der Waals surface area contributed by atoms with Gasteiger partial charge in [0.15, 0.2) is 0 Å². The van der Waals surface area contributed by atoms with Crippen molar-refractivity contribution in [3.63, 3.8) is 0 Å². The van der Waals surface area contributed by atoms with Crippen LogP contribution in [0.25, 0.3) is 5.76 Å². The predicted octanol–water partition coefficient (Wildman–Crippen LogP) is 4.71. The lowest BCUT2D eigenvalue weighted by Crippen LogP contribution is -2.11. The summed E-state index contributed by atoms with van der Waals surface area (Å²) in [6, 6.07) is 11.7. The highest BCUT2D eigenvalue weighted by Crippen LogP contribution is 2.20. The number of aliphatic hydroxyl groups excluding tert-OH is 1. The van der Waals surface area contributed by atoms with Crippen molar-refractivity contribution in [2.45, 2.75) is 6.92 Å². The van der Waals surface area contributed by atoms with E-state index in [1.807, 2.05) is 0 Å². The van der Waals surface area contributed by atoms with Crippen LogP contribution in [-0.4, -0.2) is 23.9 Å². The summed E-state index contributed by atoms with van der Waals surface area (Å²) in [5.41, 5.74) is 0.721. The first-order valence-corrected chi connectivity index (χ1v) is 7.55. The van der Waals surface area contributed by atoms with Crippen LogP contribution in [0, 0.1) is 5.82 Å². The number of rotatable bonds is 5. The van der Waals surface area contributed by atoms with Crippen LogP contribution in [0.2, 0.25) is 5.02 Å². The monoisotopic (exact) mass is 347 g/mol. The van der Waals surface area contributed by atoms with Crippen molar-refractivity contribution in [3.8, 4) is 0 Å². The summed E-state index contributed by atoms with van der Waals surface area (Å²) in [4.78, 5) is 16.2. The molecule has 0 aromatic heterocycles. The summed E-state index contributed by atoms with van der Waals surface area (Å²) >= 11 is 5.82. The van der Waals surface area contributed by atoms with Crippen molar-refractivity contribution in [2.24, 2.45) is 4.99 Å². The van der Waals surface area contributed by atoms with Crippen LogP contribution in [0.5, 0.6) is 0 Å². The molecule has 2 aromatic rings. The van der Waals surface area contributed by atoms with Crippen LogP contribution < -0.4 is 0 Å². The van der Waals surface area contributed by atoms with E-state index in [2.05, 4.69) is 4.99 Å². The number of ether oxygens (including phenoxy) is 1. The maximum atomic E-state index is 12.9. The highest BCUT2D eigenvalue weighted by Gasteiger charge is 2.16. The van der Waals surface area contributed by atoms with Gasteiger partial charge < -0.3 is 9.84 Å². The van der Waals surface area contributed by atoms with Crippen LogP contribution in [0.1, 0.15) is 12.5 Å². The van der Waals surface area contributed by atoms with Crippen molar-refractivity contribution < 1.29 is 19.0 Å². The molecule has 0 unspecified atom stereocenters. The van der Waals surface area contributed by atoms with E-state index in [-0.39, 0.29) is 23.8 Å². The van der Waals surface area contributed by atoms with Gasteiger partial charge in [-0.1, -0.05) is 11.6 Å². The molecule has 0 bridgehead atoms. The molecule has 0 saturated heterocycles. The average molecular weight is 348 g/mol. The van der Waals surface area contributed by atoms with Gasteiger partial charge in [-0.05, 0) is 55.5 Å².